The number of carboxylic acid groups (broad SMARTS) is 1. The summed E-state index contributed by atoms with van der Waals surface area (Å²) < 4.78 is 5.29. The van der Waals surface area contributed by atoms with Gasteiger partial charge in [0.1, 0.15) is 0 Å². The average Bonchev–Trinajstić information content (AvgIpc) is 2.35. The van der Waals surface area contributed by atoms with Crippen molar-refractivity contribution in [2.45, 2.75) is 38.4 Å². The number of carbonyl (C=O) groups is 1. The molecule has 4 nitrogen and oxygen atoms in total. The number of aliphatic hydroxyl groups is 1. The molecule has 3 unspecified atom stereocenters. The summed E-state index contributed by atoms with van der Waals surface area (Å²) in [6.45, 7) is 3.91. The molecule has 0 amide bonds. The van der Waals surface area contributed by atoms with Crippen molar-refractivity contribution in [3.63, 3.8) is 0 Å². The number of ether oxygens (including phenoxy) is 1. The van der Waals surface area contributed by atoms with E-state index >= 15 is 0 Å². The van der Waals surface area contributed by atoms with Gasteiger partial charge in [-0.25, -0.2) is 4.79 Å². The lowest BCUT2D eigenvalue weighted by molar-refractivity contribution is -0.158. The standard InChI is InChI=1S/C9H16O4/c1-6-7(3-4-13-6)5-9(2,12)8(10)11/h6-7,12H,3-5H2,1-2H3,(H,10,11). The molecule has 0 aliphatic carbocycles. The normalized spacial score (nSPS) is 32.8. The van der Waals surface area contributed by atoms with Gasteiger partial charge in [0.05, 0.1) is 6.10 Å². The van der Waals surface area contributed by atoms with E-state index in [1.165, 1.54) is 6.92 Å². The van der Waals surface area contributed by atoms with Gasteiger partial charge in [0.2, 0.25) is 0 Å². The molecular formula is C9H16O4. The van der Waals surface area contributed by atoms with E-state index in [0.29, 0.717) is 6.61 Å². The second-order valence-corrected chi connectivity index (χ2v) is 3.91. The first-order valence-electron chi connectivity index (χ1n) is 4.51. The van der Waals surface area contributed by atoms with Crippen molar-refractivity contribution in [1.82, 2.24) is 0 Å². The zero-order valence-electron chi connectivity index (χ0n) is 7.99. The zero-order chi connectivity index (χ0) is 10.1. The summed E-state index contributed by atoms with van der Waals surface area (Å²) in [6, 6.07) is 0. The average molecular weight is 188 g/mol. The molecule has 1 aliphatic heterocycles. The van der Waals surface area contributed by atoms with Gasteiger partial charge in [0, 0.05) is 6.61 Å². The highest BCUT2D eigenvalue weighted by Gasteiger charge is 2.37. The van der Waals surface area contributed by atoms with Crippen LogP contribution in [0.2, 0.25) is 0 Å². The molecular weight excluding hydrogens is 172 g/mol. The van der Waals surface area contributed by atoms with E-state index in [2.05, 4.69) is 0 Å². The highest BCUT2D eigenvalue weighted by molar-refractivity contribution is 5.76. The first kappa shape index (κ1) is 10.5. The number of hydrogen-bond donors (Lipinski definition) is 2. The Balaban J connectivity index is 2.52. The Morgan fingerprint density at radius 3 is 2.69 bits per heavy atom. The predicted molar refractivity (Wildman–Crippen MR) is 46.4 cm³/mol. The highest BCUT2D eigenvalue weighted by Crippen LogP contribution is 2.28. The monoisotopic (exact) mass is 188 g/mol. The first-order chi connectivity index (χ1) is 5.93. The van der Waals surface area contributed by atoms with E-state index in [1.54, 1.807) is 0 Å². The molecule has 1 saturated heterocycles. The number of rotatable bonds is 3. The molecule has 0 spiro atoms. The molecule has 1 aliphatic rings. The summed E-state index contributed by atoms with van der Waals surface area (Å²) in [5.74, 6) is -1.00. The maximum Gasteiger partial charge on any atom is 0.335 e. The van der Waals surface area contributed by atoms with Crippen LogP contribution >= 0.6 is 0 Å². The van der Waals surface area contributed by atoms with Gasteiger partial charge in [-0.3, -0.25) is 0 Å². The van der Waals surface area contributed by atoms with Crippen LogP contribution in [0.3, 0.4) is 0 Å². The van der Waals surface area contributed by atoms with Crippen LogP contribution in [0.15, 0.2) is 0 Å². The summed E-state index contributed by atoms with van der Waals surface area (Å²) in [4.78, 5) is 10.6. The Bertz CT molecular complexity index is 200. The van der Waals surface area contributed by atoms with E-state index in [4.69, 9.17) is 9.84 Å². The minimum absolute atomic E-state index is 0.0609. The predicted octanol–water partition coefficient (Wildman–Crippen LogP) is 0.637. The maximum absolute atomic E-state index is 10.6. The van der Waals surface area contributed by atoms with E-state index < -0.39 is 11.6 Å². The number of aliphatic carboxylic acids is 1. The number of hydrogen-bond acceptors (Lipinski definition) is 3. The zero-order valence-corrected chi connectivity index (χ0v) is 7.99. The van der Waals surface area contributed by atoms with Gasteiger partial charge in [0.15, 0.2) is 5.60 Å². The van der Waals surface area contributed by atoms with Crippen LogP contribution < -0.4 is 0 Å². The van der Waals surface area contributed by atoms with Crippen LogP contribution in [0.25, 0.3) is 0 Å². The van der Waals surface area contributed by atoms with Crippen LogP contribution in [-0.2, 0) is 9.53 Å². The van der Waals surface area contributed by atoms with Crippen molar-refractivity contribution in [3.05, 3.63) is 0 Å². The first-order valence-corrected chi connectivity index (χ1v) is 4.51. The smallest absolute Gasteiger partial charge is 0.335 e. The number of carboxylic acids is 1. The molecule has 0 aromatic rings. The third-order valence-corrected chi connectivity index (χ3v) is 2.65. The molecule has 3 atom stereocenters. The Labute approximate surface area is 77.5 Å². The second kappa shape index (κ2) is 3.64. The summed E-state index contributed by atoms with van der Waals surface area (Å²) in [6.07, 6.45) is 1.17. The molecule has 0 aromatic heterocycles. The molecule has 1 fully saturated rings. The van der Waals surface area contributed by atoms with Gasteiger partial charge in [-0.05, 0) is 32.6 Å². The van der Waals surface area contributed by atoms with Gasteiger partial charge in [-0.2, -0.15) is 0 Å². The molecule has 0 aromatic carbocycles. The lowest BCUT2D eigenvalue weighted by Gasteiger charge is -2.23. The van der Waals surface area contributed by atoms with Gasteiger partial charge in [0.25, 0.3) is 0 Å². The van der Waals surface area contributed by atoms with Crippen LogP contribution in [-0.4, -0.2) is 34.5 Å². The Hall–Kier alpha value is -0.610. The van der Waals surface area contributed by atoms with E-state index in [1.807, 2.05) is 6.92 Å². The summed E-state index contributed by atoms with van der Waals surface area (Å²) in [5, 5.41) is 18.2. The van der Waals surface area contributed by atoms with E-state index in [9.17, 15) is 9.90 Å². The summed E-state index contributed by atoms with van der Waals surface area (Å²) >= 11 is 0. The summed E-state index contributed by atoms with van der Waals surface area (Å²) in [5.41, 5.74) is -1.62. The van der Waals surface area contributed by atoms with Crippen LogP contribution in [0.1, 0.15) is 26.7 Å². The fourth-order valence-electron chi connectivity index (χ4n) is 1.64. The van der Waals surface area contributed by atoms with Crippen molar-refractivity contribution < 1.29 is 19.7 Å². The van der Waals surface area contributed by atoms with Crippen molar-refractivity contribution in [2.75, 3.05) is 6.61 Å². The SMILES string of the molecule is CC1OCCC1CC(C)(O)C(=O)O. The van der Waals surface area contributed by atoms with Gasteiger partial charge < -0.3 is 14.9 Å². The fourth-order valence-corrected chi connectivity index (χ4v) is 1.64. The topological polar surface area (TPSA) is 66.8 Å². The molecule has 76 valence electrons. The Morgan fingerprint density at radius 1 is 1.69 bits per heavy atom. The minimum atomic E-state index is -1.62. The molecule has 1 heterocycles. The molecule has 0 radical (unpaired) electrons. The molecule has 0 saturated carbocycles. The Morgan fingerprint density at radius 2 is 2.31 bits per heavy atom. The van der Waals surface area contributed by atoms with Crippen molar-refractivity contribution in [1.29, 1.82) is 0 Å². The van der Waals surface area contributed by atoms with Crippen LogP contribution in [0.5, 0.6) is 0 Å². The largest absolute Gasteiger partial charge is 0.479 e. The Kier molecular flexibility index (Phi) is 2.93. The molecule has 2 N–H and O–H groups in total. The lowest BCUT2D eigenvalue weighted by Crippen LogP contribution is -2.38. The summed E-state index contributed by atoms with van der Waals surface area (Å²) in [7, 11) is 0. The van der Waals surface area contributed by atoms with E-state index in [-0.39, 0.29) is 18.4 Å². The molecule has 1 rings (SSSR count). The quantitative estimate of drug-likeness (QED) is 0.682. The van der Waals surface area contributed by atoms with Gasteiger partial charge in [-0.1, -0.05) is 0 Å². The van der Waals surface area contributed by atoms with E-state index in [0.717, 1.165) is 6.42 Å². The fraction of sp³-hybridized carbons (Fsp3) is 0.889. The third kappa shape index (κ3) is 2.42. The minimum Gasteiger partial charge on any atom is -0.479 e. The molecule has 13 heavy (non-hydrogen) atoms. The van der Waals surface area contributed by atoms with Crippen LogP contribution in [0, 0.1) is 5.92 Å². The van der Waals surface area contributed by atoms with Crippen molar-refractivity contribution in [3.8, 4) is 0 Å². The highest BCUT2D eigenvalue weighted by atomic mass is 16.5. The second-order valence-electron chi connectivity index (χ2n) is 3.91. The van der Waals surface area contributed by atoms with Gasteiger partial charge >= 0.3 is 5.97 Å². The molecule has 0 bridgehead atoms. The van der Waals surface area contributed by atoms with Crippen molar-refractivity contribution >= 4 is 5.97 Å². The maximum atomic E-state index is 10.6. The van der Waals surface area contributed by atoms with Gasteiger partial charge in [-0.15, -0.1) is 0 Å². The molecule has 4 heteroatoms. The third-order valence-electron chi connectivity index (χ3n) is 2.65. The van der Waals surface area contributed by atoms with Crippen LogP contribution in [0.4, 0.5) is 0 Å². The lowest BCUT2D eigenvalue weighted by atomic mass is 9.88. The van der Waals surface area contributed by atoms with Crippen molar-refractivity contribution in [2.24, 2.45) is 5.92 Å².